The molecule has 4 heteroatoms. The van der Waals surface area contributed by atoms with Crippen molar-refractivity contribution in [2.24, 2.45) is 5.92 Å². The third kappa shape index (κ3) is 3.04. The number of aromatic nitrogens is 1. The van der Waals surface area contributed by atoms with E-state index in [9.17, 15) is 0 Å². The molecule has 0 aliphatic carbocycles. The van der Waals surface area contributed by atoms with Gasteiger partial charge in [-0.1, -0.05) is 0 Å². The maximum Gasteiger partial charge on any atom is 0.0825 e. The Morgan fingerprint density at radius 2 is 2.64 bits per heavy atom. The molecule has 1 aromatic rings. The molecule has 3 nitrogen and oxygen atoms in total. The fourth-order valence-corrected chi connectivity index (χ4v) is 2.24. The summed E-state index contributed by atoms with van der Waals surface area (Å²) in [5.74, 6) is 0.705. The molecule has 14 heavy (non-hydrogen) atoms. The molecule has 0 spiro atoms. The number of rotatable bonds is 4. The van der Waals surface area contributed by atoms with Crippen molar-refractivity contribution in [1.82, 2.24) is 10.3 Å². The predicted octanol–water partition coefficient (Wildman–Crippen LogP) is 1.66. The first-order chi connectivity index (χ1) is 6.95. The fraction of sp³-hybridized carbons (Fsp3) is 0.700. The van der Waals surface area contributed by atoms with Crippen LogP contribution in [0, 0.1) is 5.92 Å². The molecule has 2 heterocycles. The topological polar surface area (TPSA) is 34.1 Å². The molecule has 78 valence electrons. The van der Waals surface area contributed by atoms with Crippen LogP contribution < -0.4 is 5.32 Å². The van der Waals surface area contributed by atoms with Crippen LogP contribution in [-0.2, 0) is 11.3 Å². The summed E-state index contributed by atoms with van der Waals surface area (Å²) in [5, 5.41) is 3.39. The number of hydrogen-bond acceptors (Lipinski definition) is 4. The molecule has 2 rings (SSSR count). The van der Waals surface area contributed by atoms with Crippen molar-refractivity contribution in [2.45, 2.75) is 19.4 Å². The van der Waals surface area contributed by atoms with Gasteiger partial charge in [-0.3, -0.25) is 4.98 Å². The third-order valence-electron chi connectivity index (χ3n) is 2.48. The molecule has 1 aromatic heterocycles. The number of thiazole rings is 1. The summed E-state index contributed by atoms with van der Waals surface area (Å²) < 4.78 is 5.65. The second-order valence-electron chi connectivity index (χ2n) is 3.70. The minimum absolute atomic E-state index is 0.705. The summed E-state index contributed by atoms with van der Waals surface area (Å²) in [5.41, 5.74) is 1.85. The van der Waals surface area contributed by atoms with E-state index in [4.69, 9.17) is 4.74 Å². The molecular formula is C10H16N2OS. The highest BCUT2D eigenvalue weighted by molar-refractivity contribution is 7.09. The zero-order valence-electron chi connectivity index (χ0n) is 8.24. The first-order valence-electron chi connectivity index (χ1n) is 5.11. The van der Waals surface area contributed by atoms with Gasteiger partial charge in [0.05, 0.1) is 23.6 Å². The molecule has 1 aliphatic rings. The monoisotopic (exact) mass is 212 g/mol. The van der Waals surface area contributed by atoms with Crippen molar-refractivity contribution in [3.63, 3.8) is 0 Å². The summed E-state index contributed by atoms with van der Waals surface area (Å²) >= 11 is 1.66. The standard InChI is InChI=1S/C10H16N2OS/c1-2-9(4-11-3-1)6-13-7-10-5-12-8-14-10/h5,8-9,11H,1-4,6-7H2. The van der Waals surface area contributed by atoms with Gasteiger partial charge in [-0.05, 0) is 25.3 Å². The van der Waals surface area contributed by atoms with Gasteiger partial charge in [0.15, 0.2) is 0 Å². The van der Waals surface area contributed by atoms with Gasteiger partial charge in [0, 0.05) is 12.7 Å². The average Bonchev–Trinajstić information content (AvgIpc) is 2.72. The zero-order valence-corrected chi connectivity index (χ0v) is 9.05. The van der Waals surface area contributed by atoms with Gasteiger partial charge in [0.1, 0.15) is 0 Å². The Kier molecular flexibility index (Phi) is 3.91. The molecule has 1 atom stereocenters. The van der Waals surface area contributed by atoms with Crippen LogP contribution in [0.25, 0.3) is 0 Å². The second-order valence-corrected chi connectivity index (χ2v) is 4.67. The molecular weight excluding hydrogens is 196 g/mol. The van der Waals surface area contributed by atoms with Gasteiger partial charge in [-0.15, -0.1) is 11.3 Å². The highest BCUT2D eigenvalue weighted by atomic mass is 32.1. The van der Waals surface area contributed by atoms with Gasteiger partial charge in [-0.25, -0.2) is 0 Å². The number of ether oxygens (including phenoxy) is 1. The van der Waals surface area contributed by atoms with Crippen LogP contribution in [0.15, 0.2) is 11.7 Å². The zero-order chi connectivity index (χ0) is 9.64. The molecule has 0 bridgehead atoms. The maximum atomic E-state index is 5.65. The largest absolute Gasteiger partial charge is 0.376 e. The number of nitrogens with zero attached hydrogens (tertiary/aromatic N) is 1. The first kappa shape index (κ1) is 10.1. The normalized spacial score (nSPS) is 22.4. The van der Waals surface area contributed by atoms with E-state index in [2.05, 4.69) is 10.3 Å². The molecule has 1 aliphatic heterocycles. The summed E-state index contributed by atoms with van der Waals surface area (Å²) in [6.45, 7) is 3.89. The summed E-state index contributed by atoms with van der Waals surface area (Å²) in [6, 6.07) is 0. The van der Waals surface area contributed by atoms with Crippen molar-refractivity contribution in [3.05, 3.63) is 16.6 Å². The average molecular weight is 212 g/mol. The van der Waals surface area contributed by atoms with Gasteiger partial charge < -0.3 is 10.1 Å². The lowest BCUT2D eigenvalue weighted by atomic mass is 10.0. The van der Waals surface area contributed by atoms with Crippen LogP contribution in [0.2, 0.25) is 0 Å². The molecule has 0 aromatic carbocycles. The number of piperidine rings is 1. The maximum absolute atomic E-state index is 5.65. The molecule has 1 fully saturated rings. The fourth-order valence-electron chi connectivity index (χ4n) is 1.71. The van der Waals surface area contributed by atoms with Crippen LogP contribution in [0.1, 0.15) is 17.7 Å². The van der Waals surface area contributed by atoms with E-state index in [1.54, 1.807) is 11.3 Å². The number of nitrogens with one attached hydrogen (secondary N) is 1. The highest BCUT2D eigenvalue weighted by Crippen LogP contribution is 2.12. The predicted molar refractivity (Wildman–Crippen MR) is 57.4 cm³/mol. The first-order valence-corrected chi connectivity index (χ1v) is 5.99. The van der Waals surface area contributed by atoms with E-state index in [1.165, 1.54) is 24.3 Å². The molecule has 0 saturated carbocycles. The Morgan fingerprint density at radius 3 is 3.36 bits per heavy atom. The van der Waals surface area contributed by atoms with E-state index in [0.29, 0.717) is 5.92 Å². The summed E-state index contributed by atoms with van der Waals surface area (Å²) in [6.07, 6.45) is 4.47. The molecule has 1 unspecified atom stereocenters. The minimum Gasteiger partial charge on any atom is -0.376 e. The lowest BCUT2D eigenvalue weighted by Crippen LogP contribution is -2.32. The van der Waals surface area contributed by atoms with Crippen molar-refractivity contribution >= 4 is 11.3 Å². The van der Waals surface area contributed by atoms with Gasteiger partial charge in [0.2, 0.25) is 0 Å². The second kappa shape index (κ2) is 5.44. The van der Waals surface area contributed by atoms with E-state index in [0.717, 1.165) is 19.8 Å². The minimum atomic E-state index is 0.705. The lowest BCUT2D eigenvalue weighted by Gasteiger charge is -2.22. The van der Waals surface area contributed by atoms with Crippen LogP contribution in [0.3, 0.4) is 0 Å². The molecule has 0 amide bonds. The van der Waals surface area contributed by atoms with Crippen molar-refractivity contribution < 1.29 is 4.74 Å². The Labute approximate surface area is 88.5 Å². The Hall–Kier alpha value is -0.450. The van der Waals surface area contributed by atoms with E-state index in [1.807, 2.05) is 11.7 Å². The summed E-state index contributed by atoms with van der Waals surface area (Å²) in [4.78, 5) is 5.23. The Bertz CT molecular complexity index is 245. The molecule has 0 radical (unpaired) electrons. The van der Waals surface area contributed by atoms with E-state index < -0.39 is 0 Å². The van der Waals surface area contributed by atoms with E-state index >= 15 is 0 Å². The smallest absolute Gasteiger partial charge is 0.0825 e. The third-order valence-corrected chi connectivity index (χ3v) is 3.23. The quantitative estimate of drug-likeness (QED) is 0.824. The number of hydrogen-bond donors (Lipinski definition) is 1. The van der Waals surface area contributed by atoms with Crippen LogP contribution in [0.5, 0.6) is 0 Å². The van der Waals surface area contributed by atoms with Crippen molar-refractivity contribution in [3.8, 4) is 0 Å². The van der Waals surface area contributed by atoms with Gasteiger partial charge in [0.25, 0.3) is 0 Å². The Balaban J connectivity index is 1.62. The van der Waals surface area contributed by atoms with Gasteiger partial charge in [-0.2, -0.15) is 0 Å². The SMILES string of the molecule is c1ncc(COCC2CCCNC2)s1. The van der Waals surface area contributed by atoms with Crippen LogP contribution in [-0.4, -0.2) is 24.7 Å². The lowest BCUT2D eigenvalue weighted by molar-refractivity contribution is 0.0798. The highest BCUT2D eigenvalue weighted by Gasteiger charge is 2.12. The summed E-state index contributed by atoms with van der Waals surface area (Å²) in [7, 11) is 0. The van der Waals surface area contributed by atoms with Crippen molar-refractivity contribution in [1.29, 1.82) is 0 Å². The van der Waals surface area contributed by atoms with Crippen molar-refractivity contribution in [2.75, 3.05) is 19.7 Å². The Morgan fingerprint density at radius 1 is 1.64 bits per heavy atom. The van der Waals surface area contributed by atoms with Crippen LogP contribution in [0.4, 0.5) is 0 Å². The molecule has 1 N–H and O–H groups in total. The van der Waals surface area contributed by atoms with Gasteiger partial charge >= 0.3 is 0 Å². The molecule has 1 saturated heterocycles. The van der Waals surface area contributed by atoms with Crippen LogP contribution >= 0.6 is 11.3 Å². The van der Waals surface area contributed by atoms with E-state index in [-0.39, 0.29) is 0 Å².